The number of anilines is 1. The van der Waals surface area contributed by atoms with E-state index in [1.54, 1.807) is 0 Å². The molecule has 0 aliphatic carbocycles. The van der Waals surface area contributed by atoms with Crippen molar-refractivity contribution in [2.75, 3.05) is 25.0 Å². The van der Waals surface area contributed by atoms with E-state index < -0.39 is 5.97 Å². The number of carbonyl (C=O) groups is 1. The molecule has 2 aliphatic rings. The summed E-state index contributed by atoms with van der Waals surface area (Å²) in [6.07, 6.45) is 5.04. The number of likely N-dealkylation sites (N-methyl/N-ethyl adjacent to an activating group) is 1. The number of aromatic nitrogens is 1. The molecule has 108 valence electrons. The minimum atomic E-state index is -1.01. The number of hydrogen-bond donors (Lipinski definition) is 1. The molecule has 3 rings (SSSR count). The van der Waals surface area contributed by atoms with Crippen molar-refractivity contribution >= 4 is 23.4 Å². The van der Waals surface area contributed by atoms with E-state index in [2.05, 4.69) is 21.8 Å². The SMILES string of the molecule is CN1C2CCC1CN(c1nccc(C(=O)O)c1Cl)CC2. The van der Waals surface area contributed by atoms with Crippen molar-refractivity contribution in [3.8, 4) is 0 Å². The zero-order valence-corrected chi connectivity index (χ0v) is 12.2. The summed E-state index contributed by atoms with van der Waals surface area (Å²) < 4.78 is 0. The lowest BCUT2D eigenvalue weighted by Crippen LogP contribution is -2.37. The Balaban J connectivity index is 1.90. The lowest BCUT2D eigenvalue weighted by atomic mass is 10.1. The Morgan fingerprint density at radius 2 is 2.15 bits per heavy atom. The third-order valence-corrected chi connectivity index (χ3v) is 4.92. The van der Waals surface area contributed by atoms with Crippen LogP contribution in [0.2, 0.25) is 5.02 Å². The average molecular weight is 296 g/mol. The molecular formula is C14H18ClN3O2. The van der Waals surface area contributed by atoms with E-state index in [-0.39, 0.29) is 10.6 Å². The second-order valence-electron chi connectivity index (χ2n) is 5.59. The Bertz CT molecular complexity index is 537. The molecule has 1 aromatic heterocycles. The number of rotatable bonds is 2. The van der Waals surface area contributed by atoms with Gasteiger partial charge in [0.25, 0.3) is 0 Å². The summed E-state index contributed by atoms with van der Waals surface area (Å²) in [5.41, 5.74) is 0.124. The topological polar surface area (TPSA) is 56.7 Å². The molecule has 2 aliphatic heterocycles. The third kappa shape index (κ3) is 2.25. The predicted octanol–water partition coefficient (Wildman–Crippen LogP) is 2.11. The molecule has 2 atom stereocenters. The molecule has 2 saturated heterocycles. The molecule has 6 heteroatoms. The van der Waals surface area contributed by atoms with Gasteiger partial charge in [-0.25, -0.2) is 9.78 Å². The van der Waals surface area contributed by atoms with Crippen LogP contribution in [0.15, 0.2) is 12.3 Å². The van der Waals surface area contributed by atoms with Gasteiger partial charge in [-0.05, 0) is 32.4 Å². The van der Waals surface area contributed by atoms with Gasteiger partial charge in [-0.15, -0.1) is 0 Å². The molecule has 1 N–H and O–H groups in total. The first-order valence-corrected chi connectivity index (χ1v) is 7.30. The Morgan fingerprint density at radius 3 is 2.90 bits per heavy atom. The number of nitrogens with zero attached hydrogens (tertiary/aromatic N) is 3. The van der Waals surface area contributed by atoms with E-state index in [1.165, 1.54) is 25.1 Å². The molecule has 3 heterocycles. The fraction of sp³-hybridized carbons (Fsp3) is 0.571. The predicted molar refractivity (Wildman–Crippen MR) is 77.6 cm³/mol. The van der Waals surface area contributed by atoms with Crippen LogP contribution in [0, 0.1) is 0 Å². The fourth-order valence-electron chi connectivity index (χ4n) is 3.32. The Hall–Kier alpha value is -1.33. The van der Waals surface area contributed by atoms with Gasteiger partial charge in [0.15, 0.2) is 0 Å². The van der Waals surface area contributed by atoms with Crippen molar-refractivity contribution in [3.05, 3.63) is 22.8 Å². The number of fused-ring (bicyclic) bond motifs is 2. The van der Waals surface area contributed by atoms with Gasteiger partial charge >= 0.3 is 5.97 Å². The summed E-state index contributed by atoms with van der Waals surface area (Å²) in [4.78, 5) is 20.0. The minimum Gasteiger partial charge on any atom is -0.478 e. The van der Waals surface area contributed by atoms with Gasteiger partial charge in [0.2, 0.25) is 0 Å². The van der Waals surface area contributed by atoms with Gasteiger partial charge < -0.3 is 10.0 Å². The Morgan fingerprint density at radius 1 is 1.40 bits per heavy atom. The van der Waals surface area contributed by atoms with Crippen molar-refractivity contribution < 1.29 is 9.90 Å². The number of aromatic carboxylic acids is 1. The molecule has 2 unspecified atom stereocenters. The number of halogens is 1. The normalized spacial score (nSPS) is 26.6. The summed E-state index contributed by atoms with van der Waals surface area (Å²) in [5.74, 6) is -0.403. The number of carboxylic acid groups (broad SMARTS) is 1. The van der Waals surface area contributed by atoms with Crippen molar-refractivity contribution in [2.45, 2.75) is 31.3 Å². The van der Waals surface area contributed by atoms with Crippen molar-refractivity contribution in [1.82, 2.24) is 9.88 Å². The van der Waals surface area contributed by atoms with Gasteiger partial charge in [0.05, 0.1) is 10.6 Å². The molecule has 0 spiro atoms. The molecule has 2 bridgehead atoms. The van der Waals surface area contributed by atoms with Crippen LogP contribution in [0.5, 0.6) is 0 Å². The van der Waals surface area contributed by atoms with Gasteiger partial charge in [0, 0.05) is 31.4 Å². The highest BCUT2D eigenvalue weighted by molar-refractivity contribution is 6.35. The van der Waals surface area contributed by atoms with Crippen molar-refractivity contribution in [3.63, 3.8) is 0 Å². The first kappa shape index (κ1) is 13.6. The quantitative estimate of drug-likeness (QED) is 0.905. The maximum atomic E-state index is 11.2. The molecule has 5 nitrogen and oxygen atoms in total. The highest BCUT2D eigenvalue weighted by Gasteiger charge is 2.35. The number of pyridine rings is 1. The molecule has 0 saturated carbocycles. The molecule has 1 aromatic rings. The van der Waals surface area contributed by atoms with Crippen LogP contribution in [-0.4, -0.2) is 53.2 Å². The van der Waals surface area contributed by atoms with Crippen LogP contribution in [-0.2, 0) is 0 Å². The largest absolute Gasteiger partial charge is 0.478 e. The first-order chi connectivity index (χ1) is 9.58. The van der Waals surface area contributed by atoms with E-state index in [0.717, 1.165) is 19.5 Å². The number of hydrogen-bond acceptors (Lipinski definition) is 4. The molecule has 0 amide bonds. The maximum Gasteiger partial charge on any atom is 0.337 e. The van der Waals surface area contributed by atoms with E-state index in [4.69, 9.17) is 16.7 Å². The summed E-state index contributed by atoms with van der Waals surface area (Å²) in [6.45, 7) is 1.74. The summed E-state index contributed by atoms with van der Waals surface area (Å²) in [6, 6.07) is 2.59. The molecular weight excluding hydrogens is 278 g/mol. The first-order valence-electron chi connectivity index (χ1n) is 6.92. The molecule has 20 heavy (non-hydrogen) atoms. The van der Waals surface area contributed by atoms with Crippen LogP contribution in [0.25, 0.3) is 0 Å². The van der Waals surface area contributed by atoms with Crippen LogP contribution < -0.4 is 4.90 Å². The maximum absolute atomic E-state index is 11.2. The second-order valence-corrected chi connectivity index (χ2v) is 5.96. The van der Waals surface area contributed by atoms with Crippen molar-refractivity contribution in [1.29, 1.82) is 0 Å². The van der Waals surface area contributed by atoms with Gasteiger partial charge in [0.1, 0.15) is 5.82 Å². The minimum absolute atomic E-state index is 0.124. The van der Waals surface area contributed by atoms with Crippen LogP contribution in [0.4, 0.5) is 5.82 Å². The smallest absolute Gasteiger partial charge is 0.337 e. The van der Waals surface area contributed by atoms with Gasteiger partial charge in [-0.3, -0.25) is 4.90 Å². The standard InChI is InChI=1S/C14H18ClN3O2/c1-17-9-2-3-10(17)8-18(7-5-9)13-12(15)11(14(19)20)4-6-16-13/h4,6,9-10H,2-3,5,7-8H2,1H3,(H,19,20). The van der Waals surface area contributed by atoms with Gasteiger partial charge in [-0.1, -0.05) is 11.6 Å². The lowest BCUT2D eigenvalue weighted by Gasteiger charge is -2.27. The Kier molecular flexibility index (Phi) is 3.56. The third-order valence-electron chi connectivity index (χ3n) is 4.55. The summed E-state index contributed by atoms with van der Waals surface area (Å²) in [5, 5.41) is 9.40. The highest BCUT2D eigenvalue weighted by atomic mass is 35.5. The zero-order valence-electron chi connectivity index (χ0n) is 11.4. The highest BCUT2D eigenvalue weighted by Crippen LogP contribution is 2.33. The molecule has 0 radical (unpaired) electrons. The van der Waals surface area contributed by atoms with Crippen molar-refractivity contribution in [2.24, 2.45) is 0 Å². The van der Waals surface area contributed by atoms with Gasteiger partial charge in [-0.2, -0.15) is 0 Å². The molecule has 0 aromatic carbocycles. The zero-order chi connectivity index (χ0) is 14.3. The van der Waals surface area contributed by atoms with E-state index in [1.807, 2.05) is 0 Å². The number of carboxylic acids is 1. The summed E-state index contributed by atoms with van der Waals surface area (Å²) in [7, 11) is 2.18. The Labute approximate surface area is 123 Å². The fourth-order valence-corrected chi connectivity index (χ4v) is 3.63. The van der Waals surface area contributed by atoms with E-state index >= 15 is 0 Å². The van der Waals surface area contributed by atoms with Crippen LogP contribution >= 0.6 is 11.6 Å². The second kappa shape index (κ2) is 5.22. The molecule has 2 fully saturated rings. The average Bonchev–Trinajstić information content (AvgIpc) is 2.64. The van der Waals surface area contributed by atoms with E-state index in [0.29, 0.717) is 17.9 Å². The van der Waals surface area contributed by atoms with Crippen LogP contribution in [0.3, 0.4) is 0 Å². The van der Waals surface area contributed by atoms with Crippen LogP contribution in [0.1, 0.15) is 29.6 Å². The summed E-state index contributed by atoms with van der Waals surface area (Å²) >= 11 is 6.23. The lowest BCUT2D eigenvalue weighted by molar-refractivity contribution is 0.0697. The monoisotopic (exact) mass is 295 g/mol. The van der Waals surface area contributed by atoms with E-state index in [9.17, 15) is 4.79 Å².